The summed E-state index contributed by atoms with van der Waals surface area (Å²) in [7, 11) is 0. The molecule has 8 heteroatoms. The largest absolute Gasteiger partial charge is 0.450 e. The number of ketones is 1. The Balaban J connectivity index is 2.70. The Morgan fingerprint density at radius 3 is 2.11 bits per heavy atom. The van der Waals surface area contributed by atoms with E-state index in [-0.39, 0.29) is 19.3 Å². The second-order valence-corrected chi connectivity index (χ2v) is 4.00. The van der Waals surface area contributed by atoms with Gasteiger partial charge in [-0.1, -0.05) is 0 Å². The van der Waals surface area contributed by atoms with Crippen LogP contribution >= 0.6 is 0 Å². The van der Waals surface area contributed by atoms with E-state index in [9.17, 15) is 24.0 Å². The molecule has 0 radical (unpaired) electrons. The molecule has 19 heavy (non-hydrogen) atoms. The summed E-state index contributed by atoms with van der Waals surface area (Å²) in [5.74, 6) is -3.61. The monoisotopic (exact) mass is 271 g/mol. The number of amides is 2. The van der Waals surface area contributed by atoms with Crippen LogP contribution in [0.2, 0.25) is 0 Å². The van der Waals surface area contributed by atoms with Gasteiger partial charge < -0.3 is 9.57 Å². The molecule has 0 spiro atoms. The summed E-state index contributed by atoms with van der Waals surface area (Å²) in [6.45, 7) is 2.27. The highest BCUT2D eigenvalue weighted by Crippen LogP contribution is 2.14. The summed E-state index contributed by atoms with van der Waals surface area (Å²) in [6.07, 6.45) is -1.93. The summed E-state index contributed by atoms with van der Waals surface area (Å²) in [5, 5.41) is 0.332. The van der Waals surface area contributed by atoms with Crippen LogP contribution in [0.4, 0.5) is 0 Å². The molecular weight excluding hydrogens is 258 g/mol. The highest BCUT2D eigenvalue weighted by Gasteiger charge is 2.36. The summed E-state index contributed by atoms with van der Waals surface area (Å²) < 4.78 is 4.62. The Labute approximate surface area is 108 Å². The second-order valence-electron chi connectivity index (χ2n) is 4.00. The first-order chi connectivity index (χ1) is 8.81. The van der Waals surface area contributed by atoms with Crippen molar-refractivity contribution in [2.45, 2.75) is 39.2 Å². The minimum Gasteiger partial charge on any atom is -0.450 e. The highest BCUT2D eigenvalue weighted by atomic mass is 16.7. The van der Waals surface area contributed by atoms with Crippen molar-refractivity contribution < 1.29 is 33.5 Å². The molecule has 1 fully saturated rings. The SMILES string of the molecule is CC(=O)CC(OC(C)=O)C(=O)ON1C(=O)CCC1=O. The number of ether oxygens (including phenoxy) is 1. The van der Waals surface area contributed by atoms with Crippen molar-refractivity contribution >= 4 is 29.5 Å². The molecule has 2 amide bonds. The van der Waals surface area contributed by atoms with Crippen LogP contribution in [0.15, 0.2) is 0 Å². The van der Waals surface area contributed by atoms with Crippen LogP contribution in [0.5, 0.6) is 0 Å². The highest BCUT2D eigenvalue weighted by molar-refractivity contribution is 6.02. The zero-order valence-corrected chi connectivity index (χ0v) is 10.5. The number of nitrogens with zero attached hydrogens (tertiary/aromatic N) is 1. The number of imide groups is 1. The molecule has 8 nitrogen and oxygen atoms in total. The molecular formula is C11H13NO7. The number of hydroxylamine groups is 2. The van der Waals surface area contributed by atoms with Gasteiger partial charge in [0.15, 0.2) is 0 Å². The first-order valence-corrected chi connectivity index (χ1v) is 5.55. The van der Waals surface area contributed by atoms with Crippen molar-refractivity contribution in [2.24, 2.45) is 0 Å². The third-order valence-electron chi connectivity index (χ3n) is 2.23. The van der Waals surface area contributed by atoms with Gasteiger partial charge in [0.05, 0.1) is 6.42 Å². The van der Waals surface area contributed by atoms with Crippen molar-refractivity contribution in [1.29, 1.82) is 0 Å². The van der Waals surface area contributed by atoms with Crippen LogP contribution in [0.1, 0.15) is 33.1 Å². The van der Waals surface area contributed by atoms with E-state index in [1.807, 2.05) is 0 Å². The van der Waals surface area contributed by atoms with Gasteiger partial charge in [0.25, 0.3) is 11.8 Å². The van der Waals surface area contributed by atoms with Crippen LogP contribution in [0.3, 0.4) is 0 Å². The predicted molar refractivity (Wildman–Crippen MR) is 58.0 cm³/mol. The molecule has 0 saturated carbocycles. The molecule has 0 aromatic carbocycles. The van der Waals surface area contributed by atoms with Gasteiger partial charge in [-0.2, -0.15) is 0 Å². The van der Waals surface area contributed by atoms with Crippen LogP contribution in [0, 0.1) is 0 Å². The second kappa shape index (κ2) is 6.07. The van der Waals surface area contributed by atoms with Crippen molar-refractivity contribution in [3.05, 3.63) is 0 Å². The lowest BCUT2D eigenvalue weighted by Crippen LogP contribution is -2.38. The van der Waals surface area contributed by atoms with Crippen LogP contribution < -0.4 is 0 Å². The van der Waals surface area contributed by atoms with Gasteiger partial charge in [-0.3, -0.25) is 19.2 Å². The number of hydrogen-bond acceptors (Lipinski definition) is 7. The number of esters is 1. The zero-order valence-electron chi connectivity index (χ0n) is 10.5. The predicted octanol–water partition coefficient (Wildman–Crippen LogP) is -0.496. The van der Waals surface area contributed by atoms with Crippen molar-refractivity contribution in [3.8, 4) is 0 Å². The summed E-state index contributed by atoms with van der Waals surface area (Å²) in [6, 6.07) is 0. The van der Waals surface area contributed by atoms with Crippen LogP contribution in [0.25, 0.3) is 0 Å². The Kier molecular flexibility index (Phi) is 4.74. The molecule has 0 N–H and O–H groups in total. The molecule has 1 rings (SSSR count). The first-order valence-electron chi connectivity index (χ1n) is 5.55. The lowest BCUT2D eigenvalue weighted by molar-refractivity contribution is -0.205. The Bertz CT molecular complexity index is 410. The van der Waals surface area contributed by atoms with Crippen molar-refractivity contribution in [3.63, 3.8) is 0 Å². The molecule has 1 aliphatic rings. The molecule has 1 unspecified atom stereocenters. The lowest BCUT2D eigenvalue weighted by atomic mass is 10.2. The van der Waals surface area contributed by atoms with Gasteiger partial charge in [0.1, 0.15) is 5.78 Å². The van der Waals surface area contributed by atoms with E-state index in [1.165, 1.54) is 6.92 Å². The fourth-order valence-corrected chi connectivity index (χ4v) is 1.44. The van der Waals surface area contributed by atoms with E-state index in [0.29, 0.717) is 5.06 Å². The quantitative estimate of drug-likeness (QED) is 0.490. The van der Waals surface area contributed by atoms with Gasteiger partial charge in [0.2, 0.25) is 6.10 Å². The van der Waals surface area contributed by atoms with E-state index in [1.54, 1.807) is 0 Å². The van der Waals surface area contributed by atoms with Gasteiger partial charge >= 0.3 is 11.9 Å². The lowest BCUT2D eigenvalue weighted by Gasteiger charge is -2.17. The zero-order chi connectivity index (χ0) is 14.6. The Morgan fingerprint density at radius 1 is 1.16 bits per heavy atom. The number of carbonyl (C=O) groups is 5. The molecule has 1 aliphatic heterocycles. The van der Waals surface area contributed by atoms with Gasteiger partial charge in [-0.15, -0.1) is 5.06 Å². The first kappa shape index (κ1) is 14.8. The van der Waals surface area contributed by atoms with Gasteiger partial charge in [0, 0.05) is 19.8 Å². The normalized spacial score (nSPS) is 16.2. The maximum Gasteiger partial charge on any atom is 0.373 e. The number of carbonyl (C=O) groups excluding carboxylic acids is 5. The minimum absolute atomic E-state index is 0.0446. The number of hydrogen-bond donors (Lipinski definition) is 0. The van der Waals surface area contributed by atoms with E-state index in [0.717, 1.165) is 6.92 Å². The van der Waals surface area contributed by atoms with E-state index in [4.69, 9.17) is 0 Å². The van der Waals surface area contributed by atoms with Crippen molar-refractivity contribution in [1.82, 2.24) is 5.06 Å². The Morgan fingerprint density at radius 2 is 1.68 bits per heavy atom. The Hall–Kier alpha value is -2.25. The maximum atomic E-state index is 11.7. The molecule has 1 heterocycles. The third kappa shape index (κ3) is 4.16. The fourth-order valence-electron chi connectivity index (χ4n) is 1.44. The number of rotatable bonds is 5. The van der Waals surface area contributed by atoms with E-state index < -0.39 is 35.6 Å². The fraction of sp³-hybridized carbons (Fsp3) is 0.545. The average Bonchev–Trinajstić information content (AvgIpc) is 2.58. The van der Waals surface area contributed by atoms with Crippen LogP contribution in [-0.4, -0.2) is 40.7 Å². The van der Waals surface area contributed by atoms with E-state index in [2.05, 4.69) is 9.57 Å². The third-order valence-corrected chi connectivity index (χ3v) is 2.23. The summed E-state index contributed by atoms with van der Waals surface area (Å²) in [5.41, 5.74) is 0. The summed E-state index contributed by atoms with van der Waals surface area (Å²) in [4.78, 5) is 60.5. The average molecular weight is 271 g/mol. The minimum atomic E-state index is -1.46. The topological polar surface area (TPSA) is 107 Å². The summed E-state index contributed by atoms with van der Waals surface area (Å²) >= 11 is 0. The molecule has 0 bridgehead atoms. The molecule has 0 aromatic rings. The smallest absolute Gasteiger partial charge is 0.373 e. The molecule has 0 aromatic heterocycles. The molecule has 0 aliphatic carbocycles. The standard InChI is InChI=1S/C11H13NO7/c1-6(13)5-8(18-7(2)14)11(17)19-12-9(15)3-4-10(12)16/h8H,3-5H2,1-2H3. The molecule has 1 atom stereocenters. The van der Waals surface area contributed by atoms with Crippen molar-refractivity contribution in [2.75, 3.05) is 0 Å². The van der Waals surface area contributed by atoms with Gasteiger partial charge in [-0.25, -0.2) is 4.79 Å². The molecule has 104 valence electrons. The van der Waals surface area contributed by atoms with E-state index >= 15 is 0 Å². The number of Topliss-reactive ketones (excluding diaryl/α,β-unsaturated/α-hetero) is 1. The van der Waals surface area contributed by atoms with Crippen LogP contribution in [-0.2, 0) is 33.5 Å². The maximum absolute atomic E-state index is 11.7. The molecule has 1 saturated heterocycles. The van der Waals surface area contributed by atoms with Gasteiger partial charge in [-0.05, 0) is 6.92 Å².